The summed E-state index contributed by atoms with van der Waals surface area (Å²) in [6.07, 6.45) is 3.51. The average Bonchev–Trinajstić information content (AvgIpc) is 3.03. The number of nitro benzene ring substituents is 1. The molecule has 1 aliphatic heterocycles. The second-order valence-corrected chi connectivity index (χ2v) is 9.41. The van der Waals surface area contributed by atoms with Crippen LogP contribution in [0.1, 0.15) is 31.6 Å². The molecule has 0 bridgehead atoms. The summed E-state index contributed by atoms with van der Waals surface area (Å²) in [6, 6.07) is 10.4. The summed E-state index contributed by atoms with van der Waals surface area (Å²) in [5.41, 5.74) is 0.279. The van der Waals surface area contributed by atoms with Crippen LogP contribution in [0.25, 0.3) is 11.4 Å². The molecule has 1 saturated heterocycles. The lowest BCUT2D eigenvalue weighted by Gasteiger charge is -2.20. The van der Waals surface area contributed by atoms with Crippen LogP contribution in [-0.4, -0.2) is 40.9 Å². The molecule has 0 atom stereocenters. The molecule has 168 valence electrons. The van der Waals surface area contributed by atoms with Crippen LogP contribution in [0.2, 0.25) is 0 Å². The van der Waals surface area contributed by atoms with Gasteiger partial charge in [-0.2, -0.15) is 9.29 Å². The van der Waals surface area contributed by atoms with Crippen LogP contribution in [0.3, 0.4) is 0 Å². The van der Waals surface area contributed by atoms with E-state index in [1.807, 2.05) is 0 Å². The summed E-state index contributed by atoms with van der Waals surface area (Å²) in [6.45, 7) is 2.52. The Morgan fingerprint density at radius 3 is 2.34 bits per heavy atom. The zero-order valence-electron chi connectivity index (χ0n) is 17.4. The van der Waals surface area contributed by atoms with Crippen LogP contribution in [0.5, 0.6) is 11.5 Å². The number of nitro groups is 1. The van der Waals surface area contributed by atoms with Gasteiger partial charge in [0, 0.05) is 31.6 Å². The lowest BCUT2D eigenvalue weighted by atomic mass is 10.2. The van der Waals surface area contributed by atoms with Crippen molar-refractivity contribution in [1.29, 1.82) is 0 Å². The molecule has 4 rings (SSSR count). The van der Waals surface area contributed by atoms with Gasteiger partial charge in [-0.15, -0.1) is 0 Å². The van der Waals surface area contributed by atoms with Crippen LogP contribution >= 0.6 is 0 Å². The lowest BCUT2D eigenvalue weighted by molar-refractivity contribution is -0.385. The summed E-state index contributed by atoms with van der Waals surface area (Å²) >= 11 is 0. The summed E-state index contributed by atoms with van der Waals surface area (Å²) < 4.78 is 38.0. The topological polar surface area (TPSA) is 129 Å². The summed E-state index contributed by atoms with van der Waals surface area (Å²) in [4.78, 5) is 15.0. The molecule has 0 aliphatic carbocycles. The van der Waals surface area contributed by atoms with E-state index in [1.165, 1.54) is 16.4 Å². The Balaban J connectivity index is 1.59. The van der Waals surface area contributed by atoms with E-state index in [4.69, 9.17) is 9.26 Å². The average molecular weight is 458 g/mol. The molecule has 0 N–H and O–H groups in total. The molecule has 10 nitrogen and oxygen atoms in total. The first-order valence-electron chi connectivity index (χ1n) is 10.2. The molecule has 1 aliphatic rings. The maximum absolute atomic E-state index is 13.0. The van der Waals surface area contributed by atoms with Crippen LogP contribution < -0.4 is 4.74 Å². The Morgan fingerprint density at radius 2 is 1.75 bits per heavy atom. The Kier molecular flexibility index (Phi) is 6.19. The lowest BCUT2D eigenvalue weighted by Crippen LogP contribution is -2.31. The van der Waals surface area contributed by atoms with E-state index in [1.54, 1.807) is 31.2 Å². The van der Waals surface area contributed by atoms with Gasteiger partial charge >= 0.3 is 5.69 Å². The van der Waals surface area contributed by atoms with Crippen molar-refractivity contribution in [3.8, 4) is 22.9 Å². The number of benzene rings is 2. The minimum absolute atomic E-state index is 0.0482. The Morgan fingerprint density at radius 1 is 1.06 bits per heavy atom. The molecular formula is C21H22N4O6S. The Labute approximate surface area is 185 Å². The highest BCUT2D eigenvalue weighted by molar-refractivity contribution is 7.89. The Bertz CT molecular complexity index is 1220. The molecular weight excluding hydrogens is 436 g/mol. The van der Waals surface area contributed by atoms with Crippen LogP contribution in [0.15, 0.2) is 51.9 Å². The second-order valence-electron chi connectivity index (χ2n) is 7.47. The highest BCUT2D eigenvalue weighted by Crippen LogP contribution is 2.35. The zero-order valence-corrected chi connectivity index (χ0v) is 18.2. The molecule has 0 unspecified atom stereocenters. The monoisotopic (exact) mass is 458 g/mol. The first kappa shape index (κ1) is 21.9. The number of sulfonamides is 1. The van der Waals surface area contributed by atoms with E-state index < -0.39 is 20.6 Å². The van der Waals surface area contributed by atoms with Gasteiger partial charge in [-0.1, -0.05) is 18.0 Å². The van der Waals surface area contributed by atoms with E-state index in [2.05, 4.69) is 10.1 Å². The van der Waals surface area contributed by atoms with E-state index >= 15 is 0 Å². The van der Waals surface area contributed by atoms with Gasteiger partial charge in [-0.25, -0.2) is 8.42 Å². The summed E-state index contributed by atoms with van der Waals surface area (Å²) in [5.74, 6) is 1.16. The van der Waals surface area contributed by atoms with Gasteiger partial charge in [-0.05, 0) is 49.2 Å². The molecule has 3 aromatic rings. The SMILES string of the molecule is Cc1nc(-c2ccc(Oc3ccc(S(=O)(=O)N4CCCCCC4)cc3[N+](=O)[O-])cc2)no1. The first-order chi connectivity index (χ1) is 15.3. The number of nitrogens with zero attached hydrogens (tertiary/aromatic N) is 4. The van der Waals surface area contributed by atoms with Crippen LogP contribution in [0.4, 0.5) is 5.69 Å². The molecule has 11 heteroatoms. The number of hydrogen-bond donors (Lipinski definition) is 0. The van der Waals surface area contributed by atoms with Gasteiger partial charge in [0.1, 0.15) is 5.75 Å². The van der Waals surface area contributed by atoms with Gasteiger partial charge < -0.3 is 9.26 Å². The van der Waals surface area contributed by atoms with E-state index in [9.17, 15) is 18.5 Å². The quantitative estimate of drug-likeness (QED) is 0.395. The van der Waals surface area contributed by atoms with Gasteiger partial charge in [0.2, 0.25) is 27.5 Å². The van der Waals surface area contributed by atoms with Gasteiger partial charge in [0.15, 0.2) is 0 Å². The maximum atomic E-state index is 13.0. The van der Waals surface area contributed by atoms with Crippen LogP contribution in [0, 0.1) is 17.0 Å². The third-order valence-corrected chi connectivity index (χ3v) is 7.09. The summed E-state index contributed by atoms with van der Waals surface area (Å²) in [5, 5.41) is 15.5. The molecule has 0 spiro atoms. The van der Waals surface area contributed by atoms with E-state index in [-0.39, 0.29) is 10.6 Å². The molecule has 0 amide bonds. The van der Waals surface area contributed by atoms with Crippen LogP contribution in [-0.2, 0) is 10.0 Å². The highest BCUT2D eigenvalue weighted by Gasteiger charge is 2.28. The van der Waals surface area contributed by atoms with E-state index in [0.717, 1.165) is 31.7 Å². The van der Waals surface area contributed by atoms with Gasteiger partial charge in [0.25, 0.3) is 0 Å². The third kappa shape index (κ3) is 4.63. The fourth-order valence-electron chi connectivity index (χ4n) is 3.53. The molecule has 0 saturated carbocycles. The Hall–Kier alpha value is -3.31. The van der Waals surface area contributed by atoms with Crippen molar-refractivity contribution in [1.82, 2.24) is 14.4 Å². The van der Waals surface area contributed by atoms with Gasteiger partial charge in [0.05, 0.1) is 9.82 Å². The van der Waals surface area contributed by atoms with Crippen molar-refractivity contribution in [3.63, 3.8) is 0 Å². The fraction of sp³-hybridized carbons (Fsp3) is 0.333. The normalized spacial score (nSPS) is 15.3. The number of hydrogen-bond acceptors (Lipinski definition) is 8. The molecule has 2 aromatic carbocycles. The number of aromatic nitrogens is 2. The minimum Gasteiger partial charge on any atom is -0.450 e. The second kappa shape index (κ2) is 9.05. The molecule has 32 heavy (non-hydrogen) atoms. The van der Waals surface area contributed by atoms with Crippen molar-refractivity contribution in [2.75, 3.05) is 13.1 Å². The predicted octanol–water partition coefficient (Wildman–Crippen LogP) is 4.31. The van der Waals surface area contributed by atoms with Crippen molar-refractivity contribution in [2.45, 2.75) is 37.5 Å². The first-order valence-corrected chi connectivity index (χ1v) is 11.7. The smallest absolute Gasteiger partial charge is 0.312 e. The van der Waals surface area contributed by atoms with Gasteiger partial charge in [-0.3, -0.25) is 10.1 Å². The summed E-state index contributed by atoms with van der Waals surface area (Å²) in [7, 11) is -3.81. The zero-order chi connectivity index (χ0) is 22.7. The van der Waals surface area contributed by atoms with Crippen molar-refractivity contribution in [3.05, 3.63) is 58.5 Å². The molecule has 2 heterocycles. The maximum Gasteiger partial charge on any atom is 0.312 e. The fourth-order valence-corrected chi connectivity index (χ4v) is 5.07. The number of rotatable bonds is 6. The minimum atomic E-state index is -3.81. The molecule has 1 aromatic heterocycles. The third-order valence-electron chi connectivity index (χ3n) is 5.20. The van der Waals surface area contributed by atoms with Crippen molar-refractivity contribution < 1.29 is 22.6 Å². The largest absolute Gasteiger partial charge is 0.450 e. The molecule has 1 fully saturated rings. The molecule has 0 radical (unpaired) electrons. The standard InChI is InChI=1S/C21H22N4O6S/c1-15-22-21(23-31-15)16-6-8-17(9-7-16)30-20-11-10-18(14-19(20)25(26)27)32(28,29)24-12-4-2-3-5-13-24/h6-11,14H,2-5,12-13H2,1H3. The predicted molar refractivity (Wildman–Crippen MR) is 115 cm³/mol. The number of ether oxygens (including phenoxy) is 1. The van der Waals surface area contributed by atoms with Crippen molar-refractivity contribution in [2.24, 2.45) is 0 Å². The van der Waals surface area contributed by atoms with Crippen molar-refractivity contribution >= 4 is 15.7 Å². The van der Waals surface area contributed by atoms with E-state index in [0.29, 0.717) is 36.1 Å². The highest BCUT2D eigenvalue weighted by atomic mass is 32.2. The number of aryl methyl sites for hydroxylation is 1.